The topological polar surface area (TPSA) is 102 Å². The van der Waals surface area contributed by atoms with E-state index in [2.05, 4.69) is 5.32 Å². The highest BCUT2D eigenvalue weighted by molar-refractivity contribution is 5.79. The van der Waals surface area contributed by atoms with Crippen LogP contribution in [0.1, 0.15) is 12.0 Å². The second kappa shape index (κ2) is 6.69. The Balaban J connectivity index is 2.99. The van der Waals surface area contributed by atoms with Gasteiger partial charge in [-0.25, -0.2) is 4.79 Å². The Morgan fingerprint density at radius 1 is 1.58 bits per heavy atom. The number of aryl methyl sites for hydroxylation is 1. The number of aliphatic carboxylic acids is 1. The van der Waals surface area contributed by atoms with Crippen LogP contribution in [0.3, 0.4) is 0 Å². The summed E-state index contributed by atoms with van der Waals surface area (Å²) in [5.74, 6) is -1.08. The average molecular weight is 268 g/mol. The number of anilines is 1. The Morgan fingerprint density at radius 3 is 2.79 bits per heavy atom. The van der Waals surface area contributed by atoms with Gasteiger partial charge in [0.2, 0.25) is 0 Å². The summed E-state index contributed by atoms with van der Waals surface area (Å²) in [6.45, 7) is 1.86. The predicted octanol–water partition coefficient (Wildman–Crippen LogP) is 1.80. The van der Waals surface area contributed by atoms with E-state index < -0.39 is 16.9 Å². The number of carboxylic acid groups (broad SMARTS) is 1. The van der Waals surface area contributed by atoms with Crippen LogP contribution in [-0.4, -0.2) is 35.8 Å². The SMILES string of the molecule is COCCC(Nc1cccc(C)c1[N+](=O)[O-])C(=O)O. The molecule has 0 aliphatic rings. The van der Waals surface area contributed by atoms with Gasteiger partial charge in [0.25, 0.3) is 5.69 Å². The summed E-state index contributed by atoms with van der Waals surface area (Å²) in [4.78, 5) is 21.6. The predicted molar refractivity (Wildman–Crippen MR) is 69.4 cm³/mol. The first-order valence-electron chi connectivity index (χ1n) is 5.69. The van der Waals surface area contributed by atoms with Crippen LogP contribution in [0.4, 0.5) is 11.4 Å². The van der Waals surface area contributed by atoms with E-state index >= 15 is 0 Å². The maximum atomic E-state index is 11.1. The molecule has 2 N–H and O–H groups in total. The van der Waals surface area contributed by atoms with E-state index in [0.29, 0.717) is 5.56 Å². The van der Waals surface area contributed by atoms with Gasteiger partial charge in [-0.05, 0) is 13.0 Å². The van der Waals surface area contributed by atoms with Crippen LogP contribution in [0, 0.1) is 17.0 Å². The Morgan fingerprint density at radius 2 is 2.26 bits per heavy atom. The number of carboxylic acids is 1. The lowest BCUT2D eigenvalue weighted by Crippen LogP contribution is -2.30. The molecule has 0 bridgehead atoms. The van der Waals surface area contributed by atoms with Gasteiger partial charge < -0.3 is 15.2 Å². The Labute approximate surface area is 110 Å². The summed E-state index contributed by atoms with van der Waals surface area (Å²) < 4.78 is 4.82. The zero-order valence-electron chi connectivity index (χ0n) is 10.8. The molecular formula is C12H16N2O5. The van der Waals surface area contributed by atoms with Gasteiger partial charge in [0.1, 0.15) is 11.7 Å². The van der Waals surface area contributed by atoms with E-state index in [1.54, 1.807) is 19.1 Å². The average Bonchev–Trinajstić information content (AvgIpc) is 2.33. The third-order valence-corrected chi connectivity index (χ3v) is 2.66. The van der Waals surface area contributed by atoms with Crippen LogP contribution in [-0.2, 0) is 9.53 Å². The molecule has 0 saturated carbocycles. The molecular weight excluding hydrogens is 252 g/mol. The molecule has 0 aromatic heterocycles. The fourth-order valence-corrected chi connectivity index (χ4v) is 1.70. The highest BCUT2D eigenvalue weighted by Crippen LogP contribution is 2.28. The number of nitrogens with zero attached hydrogens (tertiary/aromatic N) is 1. The summed E-state index contributed by atoms with van der Waals surface area (Å²) in [5, 5.41) is 22.8. The Kier molecular flexibility index (Phi) is 5.25. The Hall–Kier alpha value is -2.15. The molecule has 7 nitrogen and oxygen atoms in total. The number of ether oxygens (including phenoxy) is 1. The molecule has 1 aromatic carbocycles. The molecule has 7 heteroatoms. The van der Waals surface area contributed by atoms with Crippen molar-refractivity contribution >= 4 is 17.3 Å². The van der Waals surface area contributed by atoms with Crippen molar-refractivity contribution in [1.82, 2.24) is 0 Å². The van der Waals surface area contributed by atoms with Crippen molar-refractivity contribution < 1.29 is 19.6 Å². The van der Waals surface area contributed by atoms with Gasteiger partial charge in [-0.1, -0.05) is 12.1 Å². The minimum Gasteiger partial charge on any atom is -0.480 e. The summed E-state index contributed by atoms with van der Waals surface area (Å²) in [6, 6.07) is 3.81. The third-order valence-electron chi connectivity index (χ3n) is 2.66. The minimum atomic E-state index is -1.08. The molecule has 1 unspecified atom stereocenters. The number of benzene rings is 1. The first-order valence-corrected chi connectivity index (χ1v) is 5.69. The van der Waals surface area contributed by atoms with Crippen molar-refractivity contribution in [2.24, 2.45) is 0 Å². The fourth-order valence-electron chi connectivity index (χ4n) is 1.70. The number of nitro groups is 1. The second-order valence-corrected chi connectivity index (χ2v) is 4.04. The fraction of sp³-hybridized carbons (Fsp3) is 0.417. The van der Waals surface area contributed by atoms with Crippen LogP contribution in [0.2, 0.25) is 0 Å². The molecule has 0 spiro atoms. The highest BCUT2D eigenvalue weighted by atomic mass is 16.6. The standard InChI is InChI=1S/C12H16N2O5/c1-8-4-3-5-9(11(8)14(17)18)13-10(12(15)16)6-7-19-2/h3-5,10,13H,6-7H2,1-2H3,(H,15,16). The van der Waals surface area contributed by atoms with Crippen LogP contribution in [0.25, 0.3) is 0 Å². The Bertz CT molecular complexity index is 475. The molecule has 0 amide bonds. The van der Waals surface area contributed by atoms with Gasteiger partial charge in [0, 0.05) is 25.7 Å². The molecule has 19 heavy (non-hydrogen) atoms. The zero-order valence-corrected chi connectivity index (χ0v) is 10.8. The number of nitro benzene ring substituents is 1. The van der Waals surface area contributed by atoms with Gasteiger partial charge in [-0.3, -0.25) is 10.1 Å². The van der Waals surface area contributed by atoms with Crippen molar-refractivity contribution in [3.63, 3.8) is 0 Å². The zero-order chi connectivity index (χ0) is 14.4. The highest BCUT2D eigenvalue weighted by Gasteiger charge is 2.23. The third kappa shape index (κ3) is 3.92. The summed E-state index contributed by atoms with van der Waals surface area (Å²) in [7, 11) is 1.47. The lowest BCUT2D eigenvalue weighted by Gasteiger charge is -2.15. The maximum absolute atomic E-state index is 11.1. The molecule has 0 aliphatic carbocycles. The van der Waals surface area contributed by atoms with E-state index in [0.717, 1.165) is 0 Å². The van der Waals surface area contributed by atoms with Crippen LogP contribution < -0.4 is 5.32 Å². The quantitative estimate of drug-likeness (QED) is 0.577. The molecule has 0 heterocycles. The van der Waals surface area contributed by atoms with Crippen molar-refractivity contribution in [2.75, 3.05) is 19.0 Å². The van der Waals surface area contributed by atoms with Crippen LogP contribution in [0.15, 0.2) is 18.2 Å². The van der Waals surface area contributed by atoms with Gasteiger partial charge in [0.05, 0.1) is 4.92 Å². The summed E-state index contributed by atoms with van der Waals surface area (Å²) in [6.07, 6.45) is 0.219. The minimum absolute atomic E-state index is 0.105. The van der Waals surface area contributed by atoms with E-state index in [1.165, 1.54) is 13.2 Å². The first kappa shape index (κ1) is 14.9. The van der Waals surface area contributed by atoms with Crippen molar-refractivity contribution in [2.45, 2.75) is 19.4 Å². The molecule has 0 aliphatic heterocycles. The molecule has 104 valence electrons. The molecule has 0 saturated heterocycles. The van der Waals surface area contributed by atoms with Crippen molar-refractivity contribution in [3.8, 4) is 0 Å². The lowest BCUT2D eigenvalue weighted by molar-refractivity contribution is -0.384. The van der Waals surface area contributed by atoms with Gasteiger partial charge in [-0.2, -0.15) is 0 Å². The summed E-state index contributed by atoms with van der Waals surface area (Å²) in [5.41, 5.74) is 0.575. The summed E-state index contributed by atoms with van der Waals surface area (Å²) >= 11 is 0. The molecule has 0 radical (unpaired) electrons. The smallest absolute Gasteiger partial charge is 0.326 e. The lowest BCUT2D eigenvalue weighted by atomic mass is 10.1. The van der Waals surface area contributed by atoms with Gasteiger partial charge in [-0.15, -0.1) is 0 Å². The number of hydrogen-bond acceptors (Lipinski definition) is 5. The van der Waals surface area contributed by atoms with Crippen molar-refractivity contribution in [3.05, 3.63) is 33.9 Å². The maximum Gasteiger partial charge on any atom is 0.326 e. The van der Waals surface area contributed by atoms with E-state index in [9.17, 15) is 14.9 Å². The van der Waals surface area contributed by atoms with Gasteiger partial charge in [0.15, 0.2) is 0 Å². The van der Waals surface area contributed by atoms with Gasteiger partial charge >= 0.3 is 5.97 Å². The molecule has 0 fully saturated rings. The molecule has 1 atom stereocenters. The molecule has 1 rings (SSSR count). The monoisotopic (exact) mass is 268 g/mol. The largest absolute Gasteiger partial charge is 0.480 e. The number of hydrogen-bond donors (Lipinski definition) is 2. The van der Waals surface area contributed by atoms with Crippen molar-refractivity contribution in [1.29, 1.82) is 0 Å². The normalized spacial score (nSPS) is 11.9. The number of rotatable bonds is 7. The van der Waals surface area contributed by atoms with E-state index in [-0.39, 0.29) is 24.4 Å². The number of para-hydroxylation sites is 1. The number of nitrogens with one attached hydrogen (secondary N) is 1. The number of methoxy groups -OCH3 is 1. The van der Waals surface area contributed by atoms with Crippen LogP contribution in [0.5, 0.6) is 0 Å². The van der Waals surface area contributed by atoms with E-state index in [4.69, 9.17) is 9.84 Å². The van der Waals surface area contributed by atoms with E-state index in [1.807, 2.05) is 0 Å². The second-order valence-electron chi connectivity index (χ2n) is 4.04. The first-order chi connectivity index (χ1) is 8.97. The molecule has 1 aromatic rings. The number of carbonyl (C=O) groups is 1. The van der Waals surface area contributed by atoms with Crippen LogP contribution >= 0.6 is 0 Å².